The lowest BCUT2D eigenvalue weighted by Gasteiger charge is -2.19. The standard InChI is InChI=1S/C14H20ClNO3/c1-9(2)8-16-12(7-14(18)19)6-10-5-11(15)3-4-13(10)17/h3-5,9,12,16-17H,6-8H2,1-2H3,(H,18,19). The number of nitrogens with one attached hydrogen (secondary N) is 1. The lowest BCUT2D eigenvalue weighted by molar-refractivity contribution is -0.137. The van der Waals surface area contributed by atoms with Crippen LogP contribution in [0.1, 0.15) is 25.8 Å². The van der Waals surface area contributed by atoms with Gasteiger partial charge in [0.05, 0.1) is 6.42 Å². The molecule has 0 spiro atoms. The van der Waals surface area contributed by atoms with E-state index in [1.54, 1.807) is 12.1 Å². The number of aromatic hydroxyl groups is 1. The van der Waals surface area contributed by atoms with Gasteiger partial charge >= 0.3 is 5.97 Å². The fourth-order valence-electron chi connectivity index (χ4n) is 1.81. The van der Waals surface area contributed by atoms with Crippen LogP contribution in [0.4, 0.5) is 0 Å². The van der Waals surface area contributed by atoms with Gasteiger partial charge in [0.15, 0.2) is 0 Å². The van der Waals surface area contributed by atoms with Gasteiger partial charge in [-0.1, -0.05) is 25.4 Å². The van der Waals surface area contributed by atoms with Crippen molar-refractivity contribution in [3.05, 3.63) is 28.8 Å². The number of carboxylic acids is 1. The molecule has 0 aliphatic heterocycles. The quantitative estimate of drug-likeness (QED) is 0.720. The molecule has 0 aliphatic carbocycles. The van der Waals surface area contributed by atoms with Gasteiger partial charge in [-0.15, -0.1) is 0 Å². The third-order valence-electron chi connectivity index (χ3n) is 2.74. The van der Waals surface area contributed by atoms with Crippen molar-refractivity contribution in [1.29, 1.82) is 0 Å². The number of aliphatic carboxylic acids is 1. The van der Waals surface area contributed by atoms with Crippen LogP contribution in [0.25, 0.3) is 0 Å². The number of halogens is 1. The number of hydrogen-bond acceptors (Lipinski definition) is 3. The van der Waals surface area contributed by atoms with Gasteiger partial charge in [-0.2, -0.15) is 0 Å². The Balaban J connectivity index is 2.74. The molecule has 0 amide bonds. The van der Waals surface area contributed by atoms with Crippen molar-refractivity contribution in [3.8, 4) is 5.75 Å². The van der Waals surface area contributed by atoms with Gasteiger partial charge in [-0.25, -0.2) is 0 Å². The van der Waals surface area contributed by atoms with E-state index in [1.165, 1.54) is 6.07 Å². The van der Waals surface area contributed by atoms with Crippen LogP contribution >= 0.6 is 11.6 Å². The Hall–Kier alpha value is -1.26. The predicted octanol–water partition coefficient (Wildman–Crippen LogP) is 2.68. The second-order valence-corrected chi connectivity index (χ2v) is 5.51. The maximum atomic E-state index is 10.9. The molecule has 1 unspecified atom stereocenters. The number of phenolic OH excluding ortho intramolecular Hbond substituents is 1. The van der Waals surface area contributed by atoms with Crippen molar-refractivity contribution in [2.75, 3.05) is 6.54 Å². The van der Waals surface area contributed by atoms with Gasteiger partial charge < -0.3 is 15.5 Å². The molecule has 0 fully saturated rings. The molecule has 0 saturated carbocycles. The molecule has 1 atom stereocenters. The highest BCUT2D eigenvalue weighted by Gasteiger charge is 2.16. The predicted molar refractivity (Wildman–Crippen MR) is 75.7 cm³/mol. The minimum atomic E-state index is -0.859. The van der Waals surface area contributed by atoms with E-state index in [0.717, 1.165) is 6.54 Å². The molecule has 0 aromatic heterocycles. The molecule has 1 aromatic rings. The van der Waals surface area contributed by atoms with Gasteiger partial charge in [0, 0.05) is 11.1 Å². The summed E-state index contributed by atoms with van der Waals surface area (Å²) in [6.07, 6.45) is 0.448. The molecule has 0 bridgehead atoms. The summed E-state index contributed by atoms with van der Waals surface area (Å²) < 4.78 is 0. The third-order valence-corrected chi connectivity index (χ3v) is 2.98. The first-order valence-corrected chi connectivity index (χ1v) is 6.69. The molecule has 3 N–H and O–H groups in total. The van der Waals surface area contributed by atoms with E-state index in [0.29, 0.717) is 22.9 Å². The van der Waals surface area contributed by atoms with E-state index in [1.807, 2.05) is 0 Å². The Morgan fingerprint density at radius 2 is 2.11 bits per heavy atom. The second kappa shape index (κ2) is 7.36. The van der Waals surface area contributed by atoms with Crippen LogP contribution in [0.3, 0.4) is 0 Å². The van der Waals surface area contributed by atoms with Crippen molar-refractivity contribution in [2.45, 2.75) is 32.7 Å². The maximum absolute atomic E-state index is 10.9. The Morgan fingerprint density at radius 1 is 1.42 bits per heavy atom. The Kier molecular flexibility index (Phi) is 6.12. The normalized spacial score (nSPS) is 12.6. The Morgan fingerprint density at radius 3 is 2.68 bits per heavy atom. The highest BCUT2D eigenvalue weighted by molar-refractivity contribution is 6.30. The average Bonchev–Trinajstić information content (AvgIpc) is 2.30. The first-order chi connectivity index (χ1) is 8.88. The average molecular weight is 286 g/mol. The molecule has 106 valence electrons. The third kappa shape index (κ3) is 5.94. The number of carbonyl (C=O) groups is 1. The number of benzene rings is 1. The van der Waals surface area contributed by atoms with E-state index in [9.17, 15) is 9.90 Å². The topological polar surface area (TPSA) is 69.6 Å². The number of carboxylic acid groups (broad SMARTS) is 1. The molecule has 1 rings (SSSR count). The summed E-state index contributed by atoms with van der Waals surface area (Å²) in [5.41, 5.74) is 0.662. The highest BCUT2D eigenvalue weighted by atomic mass is 35.5. The van der Waals surface area contributed by atoms with Crippen LogP contribution in [-0.2, 0) is 11.2 Å². The van der Waals surface area contributed by atoms with Gasteiger partial charge in [0.2, 0.25) is 0 Å². The first kappa shape index (κ1) is 15.8. The van der Waals surface area contributed by atoms with Crippen LogP contribution in [-0.4, -0.2) is 28.8 Å². The highest BCUT2D eigenvalue weighted by Crippen LogP contribution is 2.23. The van der Waals surface area contributed by atoms with E-state index < -0.39 is 5.97 Å². The summed E-state index contributed by atoms with van der Waals surface area (Å²) in [7, 11) is 0. The van der Waals surface area contributed by atoms with Crippen molar-refractivity contribution in [2.24, 2.45) is 5.92 Å². The molecule has 0 heterocycles. The SMILES string of the molecule is CC(C)CNC(CC(=O)O)Cc1cc(Cl)ccc1O. The van der Waals surface area contributed by atoms with Crippen LogP contribution in [0.15, 0.2) is 18.2 Å². The van der Waals surface area contributed by atoms with Gasteiger partial charge in [0.1, 0.15) is 5.75 Å². The lowest BCUT2D eigenvalue weighted by Crippen LogP contribution is -2.35. The number of rotatable bonds is 7. The summed E-state index contributed by atoms with van der Waals surface area (Å²) in [5.74, 6) is -0.279. The largest absolute Gasteiger partial charge is 0.508 e. The van der Waals surface area contributed by atoms with Crippen molar-refractivity contribution < 1.29 is 15.0 Å². The zero-order valence-corrected chi connectivity index (χ0v) is 11.9. The van der Waals surface area contributed by atoms with Crippen molar-refractivity contribution >= 4 is 17.6 Å². The molecule has 19 heavy (non-hydrogen) atoms. The monoisotopic (exact) mass is 285 g/mol. The van der Waals surface area contributed by atoms with Gasteiger partial charge in [-0.3, -0.25) is 4.79 Å². The lowest BCUT2D eigenvalue weighted by atomic mass is 10.0. The van der Waals surface area contributed by atoms with E-state index >= 15 is 0 Å². The molecule has 1 aromatic carbocycles. The summed E-state index contributed by atoms with van der Waals surface area (Å²) in [4.78, 5) is 10.9. The molecule has 5 heteroatoms. The van der Waals surface area contributed by atoms with Crippen LogP contribution in [0.2, 0.25) is 5.02 Å². The van der Waals surface area contributed by atoms with Crippen LogP contribution in [0, 0.1) is 5.92 Å². The first-order valence-electron chi connectivity index (χ1n) is 6.31. The minimum absolute atomic E-state index is 0.0126. The zero-order chi connectivity index (χ0) is 14.4. The maximum Gasteiger partial charge on any atom is 0.304 e. The fraction of sp³-hybridized carbons (Fsp3) is 0.500. The Bertz CT molecular complexity index is 435. The molecular weight excluding hydrogens is 266 g/mol. The summed E-state index contributed by atoms with van der Waals surface area (Å²) >= 11 is 5.89. The molecular formula is C14H20ClNO3. The summed E-state index contributed by atoms with van der Waals surface area (Å²) in [5, 5.41) is 22.4. The van der Waals surface area contributed by atoms with E-state index in [4.69, 9.17) is 16.7 Å². The molecule has 0 radical (unpaired) electrons. The van der Waals surface area contributed by atoms with Gasteiger partial charge in [-0.05, 0) is 42.6 Å². The summed E-state index contributed by atoms with van der Waals surface area (Å²) in [6, 6.07) is 4.58. The zero-order valence-electron chi connectivity index (χ0n) is 11.2. The Labute approximate surface area is 118 Å². The molecule has 4 nitrogen and oxygen atoms in total. The van der Waals surface area contributed by atoms with Crippen molar-refractivity contribution in [3.63, 3.8) is 0 Å². The smallest absolute Gasteiger partial charge is 0.304 e. The number of phenols is 1. The van der Waals surface area contributed by atoms with Gasteiger partial charge in [0.25, 0.3) is 0 Å². The minimum Gasteiger partial charge on any atom is -0.508 e. The molecule has 0 saturated heterocycles. The fourth-order valence-corrected chi connectivity index (χ4v) is 2.01. The summed E-state index contributed by atoms with van der Waals surface area (Å²) in [6.45, 7) is 4.85. The molecule has 0 aliphatic rings. The van der Waals surface area contributed by atoms with E-state index in [2.05, 4.69) is 19.2 Å². The number of hydrogen-bond donors (Lipinski definition) is 3. The second-order valence-electron chi connectivity index (χ2n) is 5.07. The van der Waals surface area contributed by atoms with Crippen LogP contribution < -0.4 is 5.32 Å². The van der Waals surface area contributed by atoms with E-state index in [-0.39, 0.29) is 18.2 Å². The van der Waals surface area contributed by atoms with Crippen LogP contribution in [0.5, 0.6) is 5.75 Å². The van der Waals surface area contributed by atoms with Crippen molar-refractivity contribution in [1.82, 2.24) is 5.32 Å².